The molecule has 7 heteroatoms. The number of aliphatic imine (C=N–C) groups is 1. The summed E-state index contributed by atoms with van der Waals surface area (Å²) < 4.78 is 15.6. The molecule has 3 N–H and O–H groups in total. The molecule has 0 amide bonds. The number of guanidine groups is 1. The lowest BCUT2D eigenvalue weighted by Gasteiger charge is -2.10. The largest absolute Gasteiger partial charge is 0.493 e. The highest BCUT2D eigenvalue weighted by Gasteiger charge is 2.05. The highest BCUT2D eigenvalue weighted by atomic mass is 127. The molecular weight excluding hydrogens is 385 g/mol. The minimum absolute atomic E-state index is 0. The van der Waals surface area contributed by atoms with E-state index in [2.05, 4.69) is 10.3 Å². The zero-order valence-corrected chi connectivity index (χ0v) is 14.2. The second kappa shape index (κ2) is 8.40. The fraction of sp³-hybridized carbons (Fsp3) is 0.214. The molecule has 0 aliphatic carbocycles. The van der Waals surface area contributed by atoms with E-state index >= 15 is 0 Å². The Labute approximate surface area is 140 Å². The highest BCUT2D eigenvalue weighted by molar-refractivity contribution is 14.0. The van der Waals surface area contributed by atoms with Crippen LogP contribution in [0.4, 0.5) is 5.69 Å². The molecule has 0 saturated heterocycles. The number of benzene rings is 1. The molecule has 0 aliphatic heterocycles. The Morgan fingerprint density at radius 3 is 2.62 bits per heavy atom. The third-order valence-corrected chi connectivity index (χ3v) is 2.64. The monoisotopic (exact) mass is 403 g/mol. The zero-order valence-electron chi connectivity index (χ0n) is 11.8. The van der Waals surface area contributed by atoms with E-state index in [1.165, 1.54) is 0 Å². The van der Waals surface area contributed by atoms with Gasteiger partial charge in [0, 0.05) is 11.8 Å². The van der Waals surface area contributed by atoms with Crippen LogP contribution in [0.1, 0.15) is 5.76 Å². The van der Waals surface area contributed by atoms with Gasteiger partial charge >= 0.3 is 0 Å². The first-order chi connectivity index (χ1) is 9.72. The van der Waals surface area contributed by atoms with Crippen LogP contribution in [0, 0.1) is 0 Å². The van der Waals surface area contributed by atoms with Gasteiger partial charge in [0.2, 0.25) is 0 Å². The minimum atomic E-state index is 0. The van der Waals surface area contributed by atoms with Crippen molar-refractivity contribution >= 4 is 35.6 Å². The maximum Gasteiger partial charge on any atom is 0.193 e. The van der Waals surface area contributed by atoms with Gasteiger partial charge in [-0.15, -0.1) is 24.0 Å². The quantitative estimate of drug-likeness (QED) is 0.456. The number of rotatable bonds is 5. The van der Waals surface area contributed by atoms with Gasteiger partial charge in [-0.25, -0.2) is 4.99 Å². The molecule has 21 heavy (non-hydrogen) atoms. The van der Waals surface area contributed by atoms with Gasteiger partial charge in [0.1, 0.15) is 12.3 Å². The second-order valence-corrected chi connectivity index (χ2v) is 3.98. The first-order valence-corrected chi connectivity index (χ1v) is 6.04. The molecule has 0 bridgehead atoms. The Morgan fingerprint density at radius 1 is 1.24 bits per heavy atom. The van der Waals surface area contributed by atoms with Crippen LogP contribution in [0.5, 0.6) is 11.5 Å². The van der Waals surface area contributed by atoms with Crippen LogP contribution in [0.2, 0.25) is 0 Å². The van der Waals surface area contributed by atoms with E-state index < -0.39 is 0 Å². The fourth-order valence-corrected chi connectivity index (χ4v) is 1.67. The standard InChI is InChI=1S/C14H17N3O3.HI/c1-18-12-6-5-10(8-13(12)19-2)17-14(15)16-9-11-4-3-7-20-11;/h3-8H,9H2,1-2H3,(H3,15,16,17);1H. The summed E-state index contributed by atoms with van der Waals surface area (Å²) in [5.74, 6) is 2.33. The van der Waals surface area contributed by atoms with Crippen LogP contribution >= 0.6 is 24.0 Å². The Bertz CT molecular complexity index is 585. The maximum absolute atomic E-state index is 5.81. The first-order valence-electron chi connectivity index (χ1n) is 6.04. The van der Waals surface area contributed by atoms with Crippen molar-refractivity contribution < 1.29 is 13.9 Å². The van der Waals surface area contributed by atoms with Crippen molar-refractivity contribution in [1.82, 2.24) is 0 Å². The summed E-state index contributed by atoms with van der Waals surface area (Å²) >= 11 is 0. The lowest BCUT2D eigenvalue weighted by molar-refractivity contribution is 0.355. The molecule has 6 nitrogen and oxygen atoms in total. The van der Waals surface area contributed by atoms with Gasteiger partial charge in [-0.1, -0.05) is 0 Å². The van der Waals surface area contributed by atoms with E-state index in [1.54, 1.807) is 32.6 Å². The minimum Gasteiger partial charge on any atom is -0.493 e. The highest BCUT2D eigenvalue weighted by Crippen LogP contribution is 2.29. The van der Waals surface area contributed by atoms with E-state index in [1.807, 2.05) is 18.2 Å². The van der Waals surface area contributed by atoms with E-state index in [4.69, 9.17) is 19.6 Å². The SMILES string of the molecule is COc1ccc(NC(N)=NCc2ccco2)cc1OC.I. The topological polar surface area (TPSA) is 82.0 Å². The summed E-state index contributed by atoms with van der Waals surface area (Å²) in [5.41, 5.74) is 6.58. The second-order valence-electron chi connectivity index (χ2n) is 3.98. The van der Waals surface area contributed by atoms with Crippen molar-refractivity contribution in [3.8, 4) is 11.5 Å². The molecule has 2 aromatic rings. The van der Waals surface area contributed by atoms with Crippen molar-refractivity contribution in [2.75, 3.05) is 19.5 Å². The maximum atomic E-state index is 5.81. The number of hydrogen-bond acceptors (Lipinski definition) is 4. The molecule has 1 aromatic carbocycles. The molecule has 0 saturated carbocycles. The number of nitrogens with zero attached hydrogens (tertiary/aromatic N) is 1. The molecule has 1 aromatic heterocycles. The molecule has 0 fully saturated rings. The number of nitrogens with one attached hydrogen (secondary N) is 1. The predicted octanol–water partition coefficient (Wildman–Crippen LogP) is 2.84. The smallest absolute Gasteiger partial charge is 0.193 e. The molecule has 0 atom stereocenters. The lowest BCUT2D eigenvalue weighted by atomic mass is 10.3. The molecule has 0 unspecified atom stereocenters. The van der Waals surface area contributed by atoms with Crippen LogP contribution in [0.3, 0.4) is 0 Å². The third-order valence-electron chi connectivity index (χ3n) is 2.64. The van der Waals surface area contributed by atoms with Gasteiger partial charge in [-0.2, -0.15) is 0 Å². The average molecular weight is 403 g/mol. The summed E-state index contributed by atoms with van der Waals surface area (Å²) in [6.45, 7) is 0.388. The van der Waals surface area contributed by atoms with Crippen LogP contribution in [-0.2, 0) is 6.54 Å². The van der Waals surface area contributed by atoms with E-state index in [0.29, 0.717) is 24.0 Å². The summed E-state index contributed by atoms with van der Waals surface area (Å²) in [7, 11) is 3.17. The van der Waals surface area contributed by atoms with Gasteiger partial charge in [-0.3, -0.25) is 0 Å². The molecule has 114 valence electrons. The number of methoxy groups -OCH3 is 2. The number of nitrogens with two attached hydrogens (primary N) is 1. The van der Waals surface area contributed by atoms with Crippen molar-refractivity contribution in [2.45, 2.75) is 6.54 Å². The summed E-state index contributed by atoms with van der Waals surface area (Å²) in [6, 6.07) is 9.06. The van der Waals surface area contributed by atoms with Gasteiger partial charge in [0.15, 0.2) is 17.5 Å². The Hall–Kier alpha value is -1.90. The first kappa shape index (κ1) is 17.2. The summed E-state index contributed by atoms with van der Waals surface area (Å²) in [6.07, 6.45) is 1.60. The molecule has 2 rings (SSSR count). The Balaban J connectivity index is 0.00000220. The number of halogens is 1. The molecular formula is C14H18IN3O3. The van der Waals surface area contributed by atoms with Gasteiger partial charge in [0.05, 0.1) is 20.5 Å². The van der Waals surface area contributed by atoms with Crippen LogP contribution in [0.15, 0.2) is 46.0 Å². The summed E-state index contributed by atoms with van der Waals surface area (Å²) in [4.78, 5) is 4.18. The van der Waals surface area contributed by atoms with Crippen LogP contribution < -0.4 is 20.5 Å². The zero-order chi connectivity index (χ0) is 14.4. The van der Waals surface area contributed by atoms with Crippen LogP contribution in [0.25, 0.3) is 0 Å². The molecule has 0 spiro atoms. The number of ether oxygens (including phenoxy) is 2. The lowest BCUT2D eigenvalue weighted by Crippen LogP contribution is -2.22. The van der Waals surface area contributed by atoms with Crippen molar-refractivity contribution in [1.29, 1.82) is 0 Å². The molecule has 1 heterocycles. The number of hydrogen-bond donors (Lipinski definition) is 2. The van der Waals surface area contributed by atoms with E-state index in [-0.39, 0.29) is 24.0 Å². The summed E-state index contributed by atoms with van der Waals surface area (Å²) in [5, 5.41) is 2.98. The van der Waals surface area contributed by atoms with Crippen LogP contribution in [-0.4, -0.2) is 20.2 Å². The normalized spacial score (nSPS) is 10.7. The van der Waals surface area contributed by atoms with Crippen molar-refractivity contribution in [3.63, 3.8) is 0 Å². The number of anilines is 1. The molecule has 0 aliphatic rings. The van der Waals surface area contributed by atoms with Gasteiger partial charge in [-0.05, 0) is 24.3 Å². The Kier molecular flexibility index (Phi) is 6.86. The molecule has 0 radical (unpaired) electrons. The van der Waals surface area contributed by atoms with Gasteiger partial charge in [0.25, 0.3) is 0 Å². The predicted molar refractivity (Wildman–Crippen MR) is 92.6 cm³/mol. The fourth-order valence-electron chi connectivity index (χ4n) is 1.67. The van der Waals surface area contributed by atoms with Crippen molar-refractivity contribution in [2.24, 2.45) is 10.7 Å². The van der Waals surface area contributed by atoms with E-state index in [9.17, 15) is 0 Å². The third kappa shape index (κ3) is 4.85. The Morgan fingerprint density at radius 2 is 2.00 bits per heavy atom. The van der Waals surface area contributed by atoms with Crippen molar-refractivity contribution in [3.05, 3.63) is 42.4 Å². The number of furan rings is 1. The average Bonchev–Trinajstić information content (AvgIpc) is 2.98. The van der Waals surface area contributed by atoms with Gasteiger partial charge < -0.3 is 24.9 Å². The van der Waals surface area contributed by atoms with E-state index in [0.717, 1.165) is 11.4 Å².